The summed E-state index contributed by atoms with van der Waals surface area (Å²) in [6.45, 7) is 1.01. The summed E-state index contributed by atoms with van der Waals surface area (Å²) in [5.41, 5.74) is 1.23. The molecule has 2 amide bonds. The number of amides is 2. The third-order valence-electron chi connectivity index (χ3n) is 5.54. The third-order valence-corrected chi connectivity index (χ3v) is 5.54. The number of hydrogen-bond donors (Lipinski definition) is 1. The molecule has 0 aromatic heterocycles. The van der Waals surface area contributed by atoms with E-state index in [1.165, 1.54) is 49.9 Å². The quantitative estimate of drug-likeness (QED) is 0.610. The molecule has 3 rings (SSSR count). The van der Waals surface area contributed by atoms with Crippen LogP contribution in [-0.4, -0.2) is 24.9 Å². The van der Waals surface area contributed by atoms with E-state index in [0.717, 1.165) is 12.1 Å². The van der Waals surface area contributed by atoms with Crippen molar-refractivity contribution in [3.8, 4) is 0 Å². The Morgan fingerprint density at radius 1 is 1.00 bits per heavy atom. The fourth-order valence-electron chi connectivity index (χ4n) is 3.89. The lowest BCUT2D eigenvalue weighted by atomic mass is 10.0. The number of rotatable bonds is 9. The minimum absolute atomic E-state index is 0.0908. The smallest absolute Gasteiger partial charge is 0.258 e. The lowest BCUT2D eigenvalue weighted by molar-refractivity contribution is -0.121. The van der Waals surface area contributed by atoms with Gasteiger partial charge in [-0.1, -0.05) is 43.9 Å². The third kappa shape index (κ3) is 6.41. The summed E-state index contributed by atoms with van der Waals surface area (Å²) >= 11 is 0. The fourth-order valence-corrected chi connectivity index (χ4v) is 3.89. The maximum atomic E-state index is 13.2. The van der Waals surface area contributed by atoms with Crippen LogP contribution in [0.1, 0.15) is 55.3 Å². The molecule has 1 fully saturated rings. The highest BCUT2D eigenvalue weighted by molar-refractivity contribution is 6.06. The molecule has 1 N–H and O–H groups in total. The average molecular weight is 397 g/mol. The molecule has 0 aliphatic heterocycles. The molecule has 5 heteroatoms. The van der Waals surface area contributed by atoms with E-state index in [0.29, 0.717) is 37.4 Å². The van der Waals surface area contributed by atoms with Gasteiger partial charge in [-0.25, -0.2) is 4.39 Å². The van der Waals surface area contributed by atoms with Gasteiger partial charge in [0.25, 0.3) is 5.91 Å². The summed E-state index contributed by atoms with van der Waals surface area (Å²) in [4.78, 5) is 26.7. The van der Waals surface area contributed by atoms with Gasteiger partial charge in [0.1, 0.15) is 5.82 Å². The highest BCUT2D eigenvalue weighted by atomic mass is 19.1. The largest absolute Gasteiger partial charge is 0.356 e. The Balaban J connectivity index is 1.51. The lowest BCUT2D eigenvalue weighted by Gasteiger charge is -2.23. The standard InChI is InChI=1S/C24H29FN2O2/c25-21-14-12-20(13-15-21)24(29)27(22-9-2-1-3-10-22)18-6-17-26-23(28)16-11-19-7-4-5-8-19/h1-3,9-10,12-15,19H,4-8,11,16-18H2,(H,26,28). The van der Waals surface area contributed by atoms with E-state index in [-0.39, 0.29) is 17.6 Å². The Kier molecular flexibility index (Phi) is 7.79. The molecule has 0 saturated heterocycles. The van der Waals surface area contributed by atoms with Crippen LogP contribution in [0.2, 0.25) is 0 Å². The van der Waals surface area contributed by atoms with E-state index in [1.807, 2.05) is 30.3 Å². The molecule has 4 nitrogen and oxygen atoms in total. The number of halogens is 1. The Morgan fingerprint density at radius 3 is 2.38 bits per heavy atom. The summed E-state index contributed by atoms with van der Waals surface area (Å²) < 4.78 is 13.2. The Labute approximate surface area is 172 Å². The summed E-state index contributed by atoms with van der Waals surface area (Å²) in [5, 5.41) is 2.97. The van der Waals surface area contributed by atoms with Crippen LogP contribution in [0.25, 0.3) is 0 Å². The summed E-state index contributed by atoms with van der Waals surface area (Å²) in [5.74, 6) is 0.257. The van der Waals surface area contributed by atoms with E-state index >= 15 is 0 Å². The van der Waals surface area contributed by atoms with Gasteiger partial charge in [-0.3, -0.25) is 9.59 Å². The van der Waals surface area contributed by atoms with Crippen molar-refractivity contribution in [2.75, 3.05) is 18.0 Å². The SMILES string of the molecule is O=C(CCC1CCCC1)NCCCN(C(=O)c1ccc(F)cc1)c1ccccc1. The van der Waals surface area contributed by atoms with Gasteiger partial charge in [0.15, 0.2) is 0 Å². The first kappa shape index (κ1) is 21.0. The summed E-state index contributed by atoms with van der Waals surface area (Å²) in [6.07, 6.45) is 7.31. The number of anilines is 1. The molecule has 0 atom stereocenters. The molecule has 2 aromatic rings. The molecule has 0 bridgehead atoms. The van der Waals surface area contributed by atoms with Gasteiger partial charge < -0.3 is 10.2 Å². The number of carbonyl (C=O) groups excluding carboxylic acids is 2. The molecule has 0 spiro atoms. The Bertz CT molecular complexity index is 786. The lowest BCUT2D eigenvalue weighted by Crippen LogP contribution is -2.34. The van der Waals surface area contributed by atoms with Crippen LogP contribution in [0.15, 0.2) is 54.6 Å². The average Bonchev–Trinajstić information content (AvgIpc) is 3.27. The minimum Gasteiger partial charge on any atom is -0.356 e. The van der Waals surface area contributed by atoms with Crippen molar-refractivity contribution in [1.82, 2.24) is 5.32 Å². The molecule has 0 heterocycles. The van der Waals surface area contributed by atoms with Crippen LogP contribution in [0.3, 0.4) is 0 Å². The Hall–Kier alpha value is -2.69. The highest BCUT2D eigenvalue weighted by Crippen LogP contribution is 2.28. The molecule has 0 unspecified atom stereocenters. The number of nitrogens with zero attached hydrogens (tertiary/aromatic N) is 1. The van der Waals surface area contributed by atoms with E-state index < -0.39 is 0 Å². The predicted molar refractivity (Wildman–Crippen MR) is 113 cm³/mol. The van der Waals surface area contributed by atoms with E-state index in [9.17, 15) is 14.0 Å². The van der Waals surface area contributed by atoms with Crippen LogP contribution in [0.4, 0.5) is 10.1 Å². The first-order chi connectivity index (χ1) is 14.1. The second-order valence-electron chi connectivity index (χ2n) is 7.69. The van der Waals surface area contributed by atoms with Gasteiger partial charge in [-0.05, 0) is 55.2 Å². The molecule has 1 saturated carbocycles. The highest BCUT2D eigenvalue weighted by Gasteiger charge is 2.18. The zero-order valence-corrected chi connectivity index (χ0v) is 16.8. The van der Waals surface area contributed by atoms with Crippen molar-refractivity contribution in [2.24, 2.45) is 5.92 Å². The number of carbonyl (C=O) groups is 2. The van der Waals surface area contributed by atoms with Crippen molar-refractivity contribution >= 4 is 17.5 Å². The molecular formula is C24H29FN2O2. The number of nitrogens with one attached hydrogen (secondary N) is 1. The molecule has 1 aliphatic rings. The van der Waals surface area contributed by atoms with Crippen LogP contribution in [0.5, 0.6) is 0 Å². The normalized spacial score (nSPS) is 14.0. The molecular weight excluding hydrogens is 367 g/mol. The van der Waals surface area contributed by atoms with Crippen LogP contribution >= 0.6 is 0 Å². The predicted octanol–water partition coefficient (Wildman–Crippen LogP) is 4.95. The minimum atomic E-state index is -0.367. The zero-order valence-electron chi connectivity index (χ0n) is 16.8. The van der Waals surface area contributed by atoms with Gasteiger partial charge in [0, 0.05) is 30.8 Å². The zero-order chi connectivity index (χ0) is 20.5. The topological polar surface area (TPSA) is 49.4 Å². The van der Waals surface area contributed by atoms with Gasteiger partial charge in [0.2, 0.25) is 5.91 Å². The summed E-state index contributed by atoms with van der Waals surface area (Å²) in [7, 11) is 0. The number of para-hydroxylation sites is 1. The maximum Gasteiger partial charge on any atom is 0.258 e. The van der Waals surface area contributed by atoms with E-state index in [2.05, 4.69) is 5.32 Å². The molecule has 1 aliphatic carbocycles. The number of hydrogen-bond acceptors (Lipinski definition) is 2. The van der Waals surface area contributed by atoms with E-state index in [1.54, 1.807) is 4.90 Å². The molecule has 29 heavy (non-hydrogen) atoms. The van der Waals surface area contributed by atoms with Crippen LogP contribution < -0.4 is 10.2 Å². The van der Waals surface area contributed by atoms with Crippen molar-refractivity contribution in [2.45, 2.75) is 44.9 Å². The fraction of sp³-hybridized carbons (Fsp3) is 0.417. The maximum absolute atomic E-state index is 13.2. The molecule has 154 valence electrons. The van der Waals surface area contributed by atoms with Gasteiger partial charge in [-0.2, -0.15) is 0 Å². The Morgan fingerprint density at radius 2 is 1.69 bits per heavy atom. The van der Waals surface area contributed by atoms with Gasteiger partial charge in [0.05, 0.1) is 0 Å². The van der Waals surface area contributed by atoms with E-state index in [4.69, 9.17) is 0 Å². The second kappa shape index (κ2) is 10.7. The van der Waals surface area contributed by atoms with Crippen molar-refractivity contribution in [3.05, 3.63) is 66.0 Å². The summed E-state index contributed by atoms with van der Waals surface area (Å²) in [6, 6.07) is 15.0. The van der Waals surface area contributed by atoms with Gasteiger partial charge >= 0.3 is 0 Å². The van der Waals surface area contributed by atoms with Crippen LogP contribution in [-0.2, 0) is 4.79 Å². The van der Waals surface area contributed by atoms with Crippen molar-refractivity contribution in [1.29, 1.82) is 0 Å². The number of benzene rings is 2. The second-order valence-corrected chi connectivity index (χ2v) is 7.69. The monoisotopic (exact) mass is 396 g/mol. The van der Waals surface area contributed by atoms with Crippen molar-refractivity contribution in [3.63, 3.8) is 0 Å². The first-order valence-corrected chi connectivity index (χ1v) is 10.5. The molecule has 2 aromatic carbocycles. The van der Waals surface area contributed by atoms with Gasteiger partial charge in [-0.15, -0.1) is 0 Å². The first-order valence-electron chi connectivity index (χ1n) is 10.5. The molecule has 0 radical (unpaired) electrons. The van der Waals surface area contributed by atoms with Crippen molar-refractivity contribution < 1.29 is 14.0 Å². The van der Waals surface area contributed by atoms with Crippen LogP contribution in [0, 0.1) is 11.7 Å².